The van der Waals surface area contributed by atoms with Gasteiger partial charge in [0.1, 0.15) is 9.84 Å². The fourth-order valence-electron chi connectivity index (χ4n) is 2.36. The van der Waals surface area contributed by atoms with Gasteiger partial charge in [-0.15, -0.1) is 0 Å². The summed E-state index contributed by atoms with van der Waals surface area (Å²) < 4.78 is 22.1. The maximum Gasteiger partial charge on any atom is 0.147 e. The number of hydrogen-bond acceptors (Lipinski definition) is 3. The summed E-state index contributed by atoms with van der Waals surface area (Å²) >= 11 is 3.46. The van der Waals surface area contributed by atoms with Crippen LogP contribution in [0.25, 0.3) is 0 Å². The Balaban J connectivity index is 2.24. The van der Waals surface area contributed by atoms with Crippen molar-refractivity contribution in [2.45, 2.75) is 38.1 Å². The normalized spacial score (nSPS) is 22.8. The van der Waals surface area contributed by atoms with Crippen LogP contribution in [0, 0.1) is 0 Å². The van der Waals surface area contributed by atoms with Gasteiger partial charge in [0.2, 0.25) is 0 Å². The molecule has 0 spiro atoms. The van der Waals surface area contributed by atoms with Gasteiger partial charge in [-0.1, -0.05) is 15.9 Å². The number of halogens is 1. The van der Waals surface area contributed by atoms with Gasteiger partial charge in [-0.2, -0.15) is 0 Å². The van der Waals surface area contributed by atoms with Crippen LogP contribution in [0.4, 0.5) is 0 Å². The lowest BCUT2D eigenvalue weighted by molar-refractivity contribution is 0.243. The van der Waals surface area contributed by atoms with Crippen molar-refractivity contribution in [3.63, 3.8) is 0 Å². The average molecular weight is 312 g/mol. The fourth-order valence-corrected chi connectivity index (χ4v) is 3.34. The Hall–Kier alpha value is 0.390. The second kappa shape index (κ2) is 6.97. The third kappa shape index (κ3) is 5.64. The molecular weight excluding hydrogens is 290 g/mol. The Bertz CT molecular complexity index is 292. The van der Waals surface area contributed by atoms with Gasteiger partial charge in [0, 0.05) is 17.6 Å². The first-order chi connectivity index (χ1) is 7.53. The van der Waals surface area contributed by atoms with E-state index in [0.29, 0.717) is 11.8 Å². The molecule has 0 N–H and O–H groups in total. The van der Waals surface area contributed by atoms with Crippen molar-refractivity contribution in [3.05, 3.63) is 0 Å². The first kappa shape index (κ1) is 14.5. The van der Waals surface area contributed by atoms with Crippen LogP contribution in [0.15, 0.2) is 0 Å². The predicted molar refractivity (Wildman–Crippen MR) is 72.0 cm³/mol. The van der Waals surface area contributed by atoms with Crippen LogP contribution in [0.2, 0.25) is 0 Å². The highest BCUT2D eigenvalue weighted by Gasteiger charge is 2.23. The van der Waals surface area contributed by atoms with Crippen molar-refractivity contribution in [1.29, 1.82) is 0 Å². The van der Waals surface area contributed by atoms with Gasteiger partial charge in [-0.05, 0) is 45.2 Å². The smallest absolute Gasteiger partial charge is 0.147 e. The van der Waals surface area contributed by atoms with E-state index in [4.69, 9.17) is 0 Å². The lowest BCUT2D eigenvalue weighted by Gasteiger charge is -2.23. The summed E-state index contributed by atoms with van der Waals surface area (Å²) in [6.07, 6.45) is 7.11. The molecule has 0 aromatic carbocycles. The van der Waals surface area contributed by atoms with E-state index in [1.165, 1.54) is 31.9 Å². The number of likely N-dealkylation sites (tertiary alicyclic amines) is 1. The molecule has 1 aliphatic heterocycles. The van der Waals surface area contributed by atoms with Crippen molar-refractivity contribution < 1.29 is 8.42 Å². The Morgan fingerprint density at radius 1 is 1.38 bits per heavy atom. The summed E-state index contributed by atoms with van der Waals surface area (Å²) in [5, 5.41) is 1.07. The van der Waals surface area contributed by atoms with E-state index in [0.717, 1.165) is 24.8 Å². The van der Waals surface area contributed by atoms with E-state index >= 15 is 0 Å². The molecule has 0 radical (unpaired) electrons. The van der Waals surface area contributed by atoms with Gasteiger partial charge >= 0.3 is 0 Å². The summed E-state index contributed by atoms with van der Waals surface area (Å²) in [7, 11) is -2.78. The van der Waals surface area contributed by atoms with Crippen LogP contribution in [-0.4, -0.2) is 49.8 Å². The van der Waals surface area contributed by atoms with Gasteiger partial charge < -0.3 is 4.90 Å². The molecule has 96 valence electrons. The van der Waals surface area contributed by atoms with E-state index in [9.17, 15) is 8.42 Å². The van der Waals surface area contributed by atoms with Gasteiger partial charge in [-0.25, -0.2) is 8.42 Å². The zero-order chi connectivity index (χ0) is 12.0. The molecule has 3 nitrogen and oxygen atoms in total. The molecule has 1 rings (SSSR count). The number of sulfone groups is 1. The molecule has 0 bridgehead atoms. The molecule has 16 heavy (non-hydrogen) atoms. The Morgan fingerprint density at radius 2 is 2.12 bits per heavy atom. The molecule has 1 fully saturated rings. The third-order valence-electron chi connectivity index (χ3n) is 3.13. The maximum atomic E-state index is 11.0. The van der Waals surface area contributed by atoms with Gasteiger partial charge in [-0.3, -0.25) is 0 Å². The molecule has 0 aliphatic carbocycles. The van der Waals surface area contributed by atoms with Crippen molar-refractivity contribution in [1.82, 2.24) is 4.90 Å². The topological polar surface area (TPSA) is 37.4 Å². The lowest BCUT2D eigenvalue weighted by atomic mass is 10.1. The van der Waals surface area contributed by atoms with E-state index in [1.807, 2.05) is 0 Å². The number of hydrogen-bond donors (Lipinski definition) is 0. The van der Waals surface area contributed by atoms with Crippen LogP contribution in [-0.2, 0) is 9.84 Å². The number of alkyl halides is 1. The summed E-state index contributed by atoms with van der Waals surface area (Å²) in [4.78, 5) is 2.47. The summed E-state index contributed by atoms with van der Waals surface area (Å²) in [5.74, 6) is 0.328. The quantitative estimate of drug-likeness (QED) is 0.675. The highest BCUT2D eigenvalue weighted by molar-refractivity contribution is 9.09. The molecule has 5 heteroatoms. The molecule has 1 saturated heterocycles. The van der Waals surface area contributed by atoms with Gasteiger partial charge in [0.15, 0.2) is 0 Å². The van der Waals surface area contributed by atoms with E-state index in [1.54, 1.807) is 0 Å². The van der Waals surface area contributed by atoms with Crippen LogP contribution in [0.3, 0.4) is 0 Å². The first-order valence-corrected chi connectivity index (χ1v) is 9.19. The second-order valence-corrected chi connectivity index (χ2v) is 7.70. The van der Waals surface area contributed by atoms with Crippen molar-refractivity contribution in [2.75, 3.05) is 30.4 Å². The van der Waals surface area contributed by atoms with Crippen molar-refractivity contribution in [3.8, 4) is 0 Å². The van der Waals surface area contributed by atoms with Crippen molar-refractivity contribution in [2.24, 2.45) is 0 Å². The highest BCUT2D eigenvalue weighted by atomic mass is 79.9. The number of rotatable bonds is 7. The van der Waals surface area contributed by atoms with Gasteiger partial charge in [0.05, 0.1) is 5.75 Å². The molecule has 0 aromatic heterocycles. The Morgan fingerprint density at radius 3 is 2.75 bits per heavy atom. The minimum Gasteiger partial charge on any atom is -0.300 e. The predicted octanol–water partition coefficient (Wildman–Crippen LogP) is 2.06. The fraction of sp³-hybridized carbons (Fsp3) is 1.00. The van der Waals surface area contributed by atoms with Crippen LogP contribution < -0.4 is 0 Å². The Kier molecular flexibility index (Phi) is 6.29. The maximum absolute atomic E-state index is 11.0. The Labute approximate surface area is 108 Å². The lowest BCUT2D eigenvalue weighted by Crippen LogP contribution is -2.31. The SMILES string of the molecule is CS(=O)(=O)CCCN1CCCC1CCCBr. The van der Waals surface area contributed by atoms with E-state index < -0.39 is 9.84 Å². The molecule has 1 heterocycles. The largest absolute Gasteiger partial charge is 0.300 e. The average Bonchev–Trinajstić information content (AvgIpc) is 2.60. The highest BCUT2D eigenvalue weighted by Crippen LogP contribution is 2.21. The van der Waals surface area contributed by atoms with E-state index in [-0.39, 0.29) is 0 Å². The zero-order valence-corrected chi connectivity index (χ0v) is 12.4. The monoisotopic (exact) mass is 311 g/mol. The zero-order valence-electron chi connectivity index (χ0n) is 9.99. The molecule has 0 amide bonds. The molecular formula is C11H22BrNO2S. The number of nitrogens with zero attached hydrogens (tertiary/aromatic N) is 1. The summed E-state index contributed by atoms with van der Waals surface area (Å²) in [6, 6.07) is 0.692. The van der Waals surface area contributed by atoms with E-state index in [2.05, 4.69) is 20.8 Å². The first-order valence-electron chi connectivity index (χ1n) is 6.00. The molecule has 1 atom stereocenters. The summed E-state index contributed by atoms with van der Waals surface area (Å²) in [6.45, 7) is 2.09. The molecule has 1 unspecified atom stereocenters. The third-order valence-corrected chi connectivity index (χ3v) is 4.72. The van der Waals surface area contributed by atoms with Gasteiger partial charge in [0.25, 0.3) is 0 Å². The van der Waals surface area contributed by atoms with Crippen LogP contribution in [0.5, 0.6) is 0 Å². The minimum atomic E-state index is -2.78. The second-order valence-electron chi connectivity index (χ2n) is 4.65. The van der Waals surface area contributed by atoms with Crippen molar-refractivity contribution >= 4 is 25.8 Å². The standard InChI is InChI=1S/C11H22BrNO2S/c1-16(14,15)10-4-9-13-8-3-6-11(13)5-2-7-12/h11H,2-10H2,1H3. The molecule has 0 aromatic rings. The van der Waals surface area contributed by atoms with Crippen LogP contribution >= 0.6 is 15.9 Å². The minimum absolute atomic E-state index is 0.328. The molecule has 0 saturated carbocycles. The summed E-state index contributed by atoms with van der Waals surface area (Å²) in [5.41, 5.74) is 0. The molecule has 1 aliphatic rings. The van der Waals surface area contributed by atoms with Crippen LogP contribution in [0.1, 0.15) is 32.1 Å².